The zero-order chi connectivity index (χ0) is 15.6. The van der Waals surface area contributed by atoms with Gasteiger partial charge in [0.1, 0.15) is 10.7 Å². The number of likely N-dealkylation sites (tertiary alicyclic amines) is 1. The monoisotopic (exact) mass is 315 g/mol. The van der Waals surface area contributed by atoms with Gasteiger partial charge in [0.15, 0.2) is 0 Å². The molecule has 0 amide bonds. The van der Waals surface area contributed by atoms with E-state index < -0.39 is 15.8 Å². The van der Waals surface area contributed by atoms with Gasteiger partial charge in [-0.1, -0.05) is 6.92 Å². The molecule has 0 spiro atoms. The van der Waals surface area contributed by atoms with Gasteiger partial charge in [-0.2, -0.15) is 0 Å². The molecule has 1 aromatic carbocycles. The highest BCUT2D eigenvalue weighted by Crippen LogP contribution is 2.22. The van der Waals surface area contributed by atoms with Crippen LogP contribution in [0.4, 0.5) is 10.1 Å². The smallest absolute Gasteiger partial charge is 0.243 e. The quantitative estimate of drug-likeness (QED) is 0.825. The summed E-state index contributed by atoms with van der Waals surface area (Å²) in [5.74, 6) is -0.734. The van der Waals surface area contributed by atoms with Crippen LogP contribution in [-0.4, -0.2) is 39.0 Å². The van der Waals surface area contributed by atoms with Crippen LogP contribution in [0.1, 0.15) is 25.3 Å². The van der Waals surface area contributed by atoms with E-state index in [4.69, 9.17) is 5.73 Å². The Kier molecular flexibility index (Phi) is 4.85. The van der Waals surface area contributed by atoms with E-state index in [1.807, 2.05) is 0 Å². The SMILES string of the molecule is CCN1CCC(NS(=O)(=O)c2cc(N)cc(C)c2F)CC1. The lowest BCUT2D eigenvalue weighted by molar-refractivity contribution is 0.217. The minimum atomic E-state index is -3.88. The molecule has 1 fully saturated rings. The Labute approximate surface area is 125 Å². The second kappa shape index (κ2) is 6.29. The Morgan fingerprint density at radius 1 is 1.38 bits per heavy atom. The normalized spacial score (nSPS) is 18.0. The van der Waals surface area contributed by atoms with Crippen LogP contribution in [-0.2, 0) is 10.0 Å². The van der Waals surface area contributed by atoms with E-state index in [1.165, 1.54) is 19.1 Å². The van der Waals surface area contributed by atoms with Gasteiger partial charge in [0.05, 0.1) is 0 Å². The summed E-state index contributed by atoms with van der Waals surface area (Å²) in [4.78, 5) is 1.90. The summed E-state index contributed by atoms with van der Waals surface area (Å²) in [6.45, 7) is 6.24. The third-order valence-electron chi connectivity index (χ3n) is 3.89. The van der Waals surface area contributed by atoms with Gasteiger partial charge in [0.2, 0.25) is 10.0 Å². The first-order chi connectivity index (χ1) is 9.83. The minimum Gasteiger partial charge on any atom is -0.399 e. The molecule has 0 atom stereocenters. The summed E-state index contributed by atoms with van der Waals surface area (Å²) in [5, 5.41) is 0. The summed E-state index contributed by atoms with van der Waals surface area (Å²) in [7, 11) is -3.88. The lowest BCUT2D eigenvalue weighted by Crippen LogP contribution is -2.44. The van der Waals surface area contributed by atoms with E-state index in [9.17, 15) is 12.8 Å². The first-order valence-electron chi connectivity index (χ1n) is 7.13. The van der Waals surface area contributed by atoms with Crippen molar-refractivity contribution in [2.75, 3.05) is 25.4 Å². The van der Waals surface area contributed by atoms with Crippen molar-refractivity contribution < 1.29 is 12.8 Å². The lowest BCUT2D eigenvalue weighted by Gasteiger charge is -2.31. The maximum absolute atomic E-state index is 14.1. The van der Waals surface area contributed by atoms with Gasteiger partial charge < -0.3 is 10.6 Å². The summed E-state index contributed by atoms with van der Waals surface area (Å²) in [5.41, 5.74) is 6.11. The van der Waals surface area contributed by atoms with Crippen molar-refractivity contribution in [2.24, 2.45) is 0 Å². The molecule has 1 aromatic rings. The van der Waals surface area contributed by atoms with E-state index in [1.54, 1.807) is 0 Å². The van der Waals surface area contributed by atoms with E-state index in [0.717, 1.165) is 32.5 Å². The third-order valence-corrected chi connectivity index (χ3v) is 5.41. The molecule has 0 bridgehead atoms. The molecule has 0 aliphatic carbocycles. The van der Waals surface area contributed by atoms with Crippen molar-refractivity contribution in [1.82, 2.24) is 9.62 Å². The van der Waals surface area contributed by atoms with Gasteiger partial charge in [0.25, 0.3) is 0 Å². The molecule has 1 saturated heterocycles. The van der Waals surface area contributed by atoms with E-state index >= 15 is 0 Å². The number of aryl methyl sites for hydroxylation is 1. The summed E-state index contributed by atoms with van der Waals surface area (Å²) < 4.78 is 41.4. The largest absolute Gasteiger partial charge is 0.399 e. The van der Waals surface area contributed by atoms with Crippen molar-refractivity contribution in [2.45, 2.75) is 37.6 Å². The van der Waals surface area contributed by atoms with Gasteiger partial charge in [-0.05, 0) is 57.1 Å². The predicted molar refractivity (Wildman–Crippen MR) is 81.0 cm³/mol. The molecular weight excluding hydrogens is 293 g/mol. The van der Waals surface area contributed by atoms with Crippen molar-refractivity contribution in [3.8, 4) is 0 Å². The highest BCUT2D eigenvalue weighted by Gasteiger charge is 2.27. The van der Waals surface area contributed by atoms with Crippen LogP contribution in [0, 0.1) is 12.7 Å². The molecule has 1 heterocycles. The zero-order valence-electron chi connectivity index (χ0n) is 12.4. The first kappa shape index (κ1) is 16.2. The number of hydrogen-bond donors (Lipinski definition) is 2. The molecule has 2 rings (SSSR count). The second-order valence-corrected chi connectivity index (χ2v) is 7.16. The van der Waals surface area contributed by atoms with Crippen LogP contribution in [0.5, 0.6) is 0 Å². The average Bonchev–Trinajstić information content (AvgIpc) is 2.43. The number of nitrogens with zero attached hydrogens (tertiary/aromatic N) is 1. The molecule has 7 heteroatoms. The number of rotatable bonds is 4. The van der Waals surface area contributed by atoms with Gasteiger partial charge in [-0.15, -0.1) is 0 Å². The Morgan fingerprint density at radius 3 is 2.57 bits per heavy atom. The average molecular weight is 315 g/mol. The van der Waals surface area contributed by atoms with E-state index in [2.05, 4.69) is 16.5 Å². The van der Waals surface area contributed by atoms with E-state index in [0.29, 0.717) is 0 Å². The number of nitrogens with one attached hydrogen (secondary N) is 1. The number of nitrogens with two attached hydrogens (primary N) is 1. The minimum absolute atomic E-state index is 0.154. The molecule has 3 N–H and O–H groups in total. The third kappa shape index (κ3) is 3.72. The van der Waals surface area contributed by atoms with Crippen LogP contribution in [0.25, 0.3) is 0 Å². The molecule has 118 valence electrons. The fourth-order valence-electron chi connectivity index (χ4n) is 2.61. The summed E-state index contributed by atoms with van der Waals surface area (Å²) >= 11 is 0. The Bertz CT molecular complexity index is 611. The van der Waals surface area contributed by atoms with Crippen LogP contribution in [0.3, 0.4) is 0 Å². The lowest BCUT2D eigenvalue weighted by atomic mass is 10.1. The Morgan fingerprint density at radius 2 is 2.00 bits per heavy atom. The van der Waals surface area contributed by atoms with Crippen LogP contribution in [0.2, 0.25) is 0 Å². The molecule has 5 nitrogen and oxygen atoms in total. The molecule has 0 radical (unpaired) electrons. The maximum Gasteiger partial charge on any atom is 0.243 e. The van der Waals surface area contributed by atoms with Crippen molar-refractivity contribution in [1.29, 1.82) is 0 Å². The first-order valence-corrected chi connectivity index (χ1v) is 8.62. The van der Waals surface area contributed by atoms with Gasteiger partial charge in [-0.25, -0.2) is 17.5 Å². The molecule has 1 aliphatic heterocycles. The van der Waals surface area contributed by atoms with Gasteiger partial charge in [-0.3, -0.25) is 0 Å². The van der Waals surface area contributed by atoms with Crippen molar-refractivity contribution >= 4 is 15.7 Å². The van der Waals surface area contributed by atoms with Crippen LogP contribution >= 0.6 is 0 Å². The van der Waals surface area contributed by atoms with E-state index in [-0.39, 0.29) is 22.2 Å². The maximum atomic E-state index is 14.1. The second-order valence-electron chi connectivity index (χ2n) is 5.48. The zero-order valence-corrected chi connectivity index (χ0v) is 13.2. The van der Waals surface area contributed by atoms with Crippen LogP contribution < -0.4 is 10.5 Å². The molecule has 21 heavy (non-hydrogen) atoms. The summed E-state index contributed by atoms with van der Waals surface area (Å²) in [6.07, 6.45) is 1.46. The number of sulfonamides is 1. The highest BCUT2D eigenvalue weighted by atomic mass is 32.2. The topological polar surface area (TPSA) is 75.4 Å². The number of benzene rings is 1. The number of nitrogen functional groups attached to an aromatic ring is 1. The Balaban J connectivity index is 2.16. The number of anilines is 1. The van der Waals surface area contributed by atoms with Gasteiger partial charge in [0, 0.05) is 11.7 Å². The molecule has 0 saturated carbocycles. The van der Waals surface area contributed by atoms with Crippen molar-refractivity contribution in [3.63, 3.8) is 0 Å². The fourth-order valence-corrected chi connectivity index (χ4v) is 4.10. The number of hydrogen-bond acceptors (Lipinski definition) is 4. The fraction of sp³-hybridized carbons (Fsp3) is 0.571. The highest BCUT2D eigenvalue weighted by molar-refractivity contribution is 7.89. The van der Waals surface area contributed by atoms with Crippen LogP contribution in [0.15, 0.2) is 17.0 Å². The molecule has 0 aromatic heterocycles. The summed E-state index contributed by atoms with van der Waals surface area (Å²) in [6, 6.07) is 2.44. The number of halogens is 1. The standard InChI is InChI=1S/C14H22FN3O2S/c1-3-18-6-4-12(5-7-18)17-21(19,20)13-9-11(16)8-10(2)14(13)15/h8-9,12,17H,3-7,16H2,1-2H3. The predicted octanol–water partition coefficient (Wildman–Crippen LogP) is 1.48. The molecular formula is C14H22FN3O2S. The Hall–Kier alpha value is -1.18. The van der Waals surface area contributed by atoms with Crippen molar-refractivity contribution in [3.05, 3.63) is 23.5 Å². The molecule has 0 unspecified atom stereocenters. The van der Waals surface area contributed by atoms with Gasteiger partial charge >= 0.3 is 0 Å². The number of piperidine rings is 1. The molecule has 1 aliphatic rings.